The van der Waals surface area contributed by atoms with Gasteiger partial charge >= 0.3 is 5.69 Å². The van der Waals surface area contributed by atoms with Crippen LogP contribution in [-0.2, 0) is 11.3 Å². The van der Waals surface area contributed by atoms with Crippen molar-refractivity contribution in [3.8, 4) is 0 Å². The lowest BCUT2D eigenvalue weighted by atomic mass is 10.2. The summed E-state index contributed by atoms with van der Waals surface area (Å²) in [5, 5.41) is 1.77. The van der Waals surface area contributed by atoms with E-state index in [1.54, 1.807) is 17.5 Å². The van der Waals surface area contributed by atoms with E-state index in [9.17, 15) is 14.4 Å². The van der Waals surface area contributed by atoms with Gasteiger partial charge in [-0.3, -0.25) is 24.0 Å². The number of H-pyrrole nitrogens is 1. The molecule has 2 aromatic heterocycles. The Kier molecular flexibility index (Phi) is 6.16. The molecule has 0 aromatic carbocycles. The number of aromatic nitrogens is 2. The van der Waals surface area contributed by atoms with Crippen molar-refractivity contribution in [1.82, 2.24) is 9.55 Å². The first-order valence-corrected chi connectivity index (χ1v) is 8.71. The maximum atomic E-state index is 12.8. The molecule has 0 saturated carbocycles. The minimum absolute atomic E-state index is 0.0246. The molecule has 8 nitrogen and oxygen atoms in total. The van der Waals surface area contributed by atoms with Crippen LogP contribution in [0.15, 0.2) is 27.1 Å². The van der Waals surface area contributed by atoms with Gasteiger partial charge in [0.1, 0.15) is 5.82 Å². The lowest BCUT2D eigenvalue weighted by Crippen LogP contribution is -2.42. The molecular weight excluding hydrogens is 344 g/mol. The van der Waals surface area contributed by atoms with Gasteiger partial charge in [-0.2, -0.15) is 0 Å². The molecule has 2 aromatic rings. The molecular formula is C16H22N4O4S. The quantitative estimate of drug-likeness (QED) is 0.763. The maximum absolute atomic E-state index is 12.8. The Bertz CT molecular complexity index is 839. The Morgan fingerprint density at radius 2 is 2.16 bits per heavy atom. The van der Waals surface area contributed by atoms with E-state index in [0.29, 0.717) is 11.4 Å². The van der Waals surface area contributed by atoms with E-state index in [4.69, 9.17) is 10.5 Å². The number of carbonyl (C=O) groups is 1. The fraction of sp³-hybridized carbons (Fsp3) is 0.438. The molecule has 9 heteroatoms. The Labute approximate surface area is 148 Å². The second-order valence-electron chi connectivity index (χ2n) is 5.92. The van der Waals surface area contributed by atoms with Crippen molar-refractivity contribution in [1.29, 1.82) is 0 Å². The van der Waals surface area contributed by atoms with Crippen LogP contribution < -0.4 is 21.9 Å². The molecule has 1 amide bonds. The number of nitrogens with two attached hydrogens (primary N) is 1. The molecule has 0 radical (unpaired) electrons. The minimum Gasteiger partial charge on any atom is -0.383 e. The van der Waals surface area contributed by atoms with E-state index in [0.717, 1.165) is 0 Å². The number of nitrogens with zero attached hydrogens (tertiary/aromatic N) is 2. The summed E-state index contributed by atoms with van der Waals surface area (Å²) in [6.07, 6.45) is 0. The molecule has 0 aliphatic rings. The molecule has 0 bridgehead atoms. The number of nitrogens with one attached hydrogen (secondary N) is 1. The van der Waals surface area contributed by atoms with Crippen molar-refractivity contribution in [2.24, 2.45) is 5.92 Å². The van der Waals surface area contributed by atoms with Gasteiger partial charge in [0.05, 0.1) is 11.5 Å². The summed E-state index contributed by atoms with van der Waals surface area (Å²) in [5.74, 6) is -0.248. The fourth-order valence-electron chi connectivity index (χ4n) is 2.42. The third-order valence-electron chi connectivity index (χ3n) is 3.53. The SMILES string of the molecule is COCCN(C(=O)c1cccs1)c1c(N)n(CC(C)C)c(=O)[nH]c1=O. The first kappa shape index (κ1) is 18.9. The van der Waals surface area contributed by atoms with Gasteiger partial charge < -0.3 is 10.5 Å². The fourth-order valence-corrected chi connectivity index (χ4v) is 3.09. The lowest BCUT2D eigenvalue weighted by molar-refractivity contribution is 0.0979. The van der Waals surface area contributed by atoms with Crippen LogP contribution in [0.2, 0.25) is 0 Å². The first-order chi connectivity index (χ1) is 11.9. The standard InChI is InChI=1S/C16H22N4O4S/c1-10(2)9-20-13(17)12(14(21)18-16(20)23)19(6-7-24-3)15(22)11-5-4-8-25-11/h4-5,8,10H,6-7,9,17H2,1-3H3,(H,18,21,23). The average molecular weight is 366 g/mol. The van der Waals surface area contributed by atoms with E-state index < -0.39 is 11.2 Å². The van der Waals surface area contributed by atoms with Crippen molar-refractivity contribution in [3.05, 3.63) is 43.2 Å². The summed E-state index contributed by atoms with van der Waals surface area (Å²) in [6, 6.07) is 3.42. The van der Waals surface area contributed by atoms with E-state index in [-0.39, 0.29) is 36.5 Å². The lowest BCUT2D eigenvalue weighted by Gasteiger charge is -2.24. The number of hydrogen-bond donors (Lipinski definition) is 2. The summed E-state index contributed by atoms with van der Waals surface area (Å²) in [7, 11) is 1.50. The molecule has 136 valence electrons. The maximum Gasteiger partial charge on any atom is 0.330 e. The van der Waals surface area contributed by atoms with Gasteiger partial charge in [0, 0.05) is 20.2 Å². The molecule has 0 unspecified atom stereocenters. The van der Waals surface area contributed by atoms with Gasteiger partial charge in [0.2, 0.25) is 0 Å². The Morgan fingerprint density at radius 3 is 2.72 bits per heavy atom. The molecule has 2 rings (SSSR count). The Hall–Kier alpha value is -2.39. The van der Waals surface area contributed by atoms with Crippen molar-refractivity contribution >= 4 is 28.7 Å². The number of amides is 1. The van der Waals surface area contributed by atoms with Crippen LogP contribution in [0.3, 0.4) is 0 Å². The highest BCUT2D eigenvalue weighted by atomic mass is 32.1. The number of aromatic amines is 1. The number of rotatable bonds is 7. The van der Waals surface area contributed by atoms with Crippen LogP contribution in [0.5, 0.6) is 0 Å². The topological polar surface area (TPSA) is 110 Å². The van der Waals surface area contributed by atoms with Gasteiger partial charge in [-0.1, -0.05) is 19.9 Å². The summed E-state index contributed by atoms with van der Waals surface area (Å²) in [6.45, 7) is 4.55. The number of nitrogen functional groups attached to an aromatic ring is 1. The zero-order chi connectivity index (χ0) is 18.6. The predicted octanol–water partition coefficient (Wildman–Crippen LogP) is 1.13. The molecule has 3 N–H and O–H groups in total. The summed E-state index contributed by atoms with van der Waals surface area (Å²) in [4.78, 5) is 41.3. The van der Waals surface area contributed by atoms with Crippen molar-refractivity contribution < 1.29 is 9.53 Å². The minimum atomic E-state index is -0.691. The highest BCUT2D eigenvalue weighted by molar-refractivity contribution is 7.12. The molecule has 0 aliphatic heterocycles. The van der Waals surface area contributed by atoms with E-state index in [2.05, 4.69) is 4.98 Å². The number of methoxy groups -OCH3 is 1. The molecule has 0 fully saturated rings. The summed E-state index contributed by atoms with van der Waals surface area (Å²) >= 11 is 1.26. The van der Waals surface area contributed by atoms with E-state index in [1.165, 1.54) is 27.9 Å². The summed E-state index contributed by atoms with van der Waals surface area (Å²) in [5.41, 5.74) is 4.80. The number of anilines is 2. The molecule has 2 heterocycles. The normalized spacial score (nSPS) is 11.0. The first-order valence-electron chi connectivity index (χ1n) is 7.83. The largest absolute Gasteiger partial charge is 0.383 e. The molecule has 0 aliphatic carbocycles. The van der Waals surface area contributed by atoms with Gasteiger partial charge in [-0.25, -0.2) is 4.79 Å². The number of ether oxygens (including phenoxy) is 1. The number of hydrogen-bond acceptors (Lipinski definition) is 6. The van der Waals surface area contributed by atoms with E-state index >= 15 is 0 Å². The second-order valence-corrected chi connectivity index (χ2v) is 6.87. The van der Waals surface area contributed by atoms with Crippen LogP contribution in [0, 0.1) is 5.92 Å². The van der Waals surface area contributed by atoms with E-state index in [1.807, 2.05) is 13.8 Å². The predicted molar refractivity (Wildman–Crippen MR) is 98.4 cm³/mol. The van der Waals surface area contributed by atoms with Gasteiger partial charge in [0.25, 0.3) is 11.5 Å². The van der Waals surface area contributed by atoms with Crippen molar-refractivity contribution in [3.63, 3.8) is 0 Å². The zero-order valence-electron chi connectivity index (χ0n) is 14.4. The van der Waals surface area contributed by atoms with Crippen LogP contribution in [-0.4, -0.2) is 35.7 Å². The highest BCUT2D eigenvalue weighted by Crippen LogP contribution is 2.21. The van der Waals surface area contributed by atoms with Crippen LogP contribution in [0.25, 0.3) is 0 Å². The van der Waals surface area contributed by atoms with Crippen LogP contribution in [0.1, 0.15) is 23.5 Å². The van der Waals surface area contributed by atoms with Gasteiger partial charge in [-0.15, -0.1) is 11.3 Å². The molecule has 25 heavy (non-hydrogen) atoms. The zero-order valence-corrected chi connectivity index (χ0v) is 15.3. The average Bonchev–Trinajstić information content (AvgIpc) is 3.08. The third-order valence-corrected chi connectivity index (χ3v) is 4.39. The van der Waals surface area contributed by atoms with Crippen LogP contribution >= 0.6 is 11.3 Å². The smallest absolute Gasteiger partial charge is 0.330 e. The van der Waals surface area contributed by atoms with Crippen LogP contribution in [0.4, 0.5) is 11.5 Å². The van der Waals surface area contributed by atoms with Gasteiger partial charge in [0.15, 0.2) is 5.69 Å². The Balaban J connectivity index is 2.58. The van der Waals surface area contributed by atoms with Crippen molar-refractivity contribution in [2.75, 3.05) is 30.9 Å². The number of carbonyl (C=O) groups excluding carboxylic acids is 1. The Morgan fingerprint density at radius 1 is 1.44 bits per heavy atom. The highest BCUT2D eigenvalue weighted by Gasteiger charge is 2.25. The molecule has 0 atom stereocenters. The molecule has 0 spiro atoms. The monoisotopic (exact) mass is 366 g/mol. The van der Waals surface area contributed by atoms with Crippen molar-refractivity contribution in [2.45, 2.75) is 20.4 Å². The molecule has 0 saturated heterocycles. The summed E-state index contributed by atoms with van der Waals surface area (Å²) < 4.78 is 6.33. The third kappa shape index (κ3) is 4.18. The van der Waals surface area contributed by atoms with Gasteiger partial charge in [-0.05, 0) is 17.4 Å². The second kappa shape index (κ2) is 8.13. The number of thiophene rings is 1.